The van der Waals surface area contributed by atoms with Crippen LogP contribution in [0.2, 0.25) is 0 Å². The summed E-state index contributed by atoms with van der Waals surface area (Å²) in [7, 11) is 1.31. The number of halogens is 3. The number of carbonyl (C=O) groups excluding carboxylic acids is 1. The summed E-state index contributed by atoms with van der Waals surface area (Å²) >= 11 is 3.41. The molecule has 0 saturated carbocycles. The van der Waals surface area contributed by atoms with Gasteiger partial charge in [-0.3, -0.25) is 4.79 Å². The van der Waals surface area contributed by atoms with E-state index in [1.54, 1.807) is 18.2 Å². The van der Waals surface area contributed by atoms with Crippen molar-refractivity contribution in [2.75, 3.05) is 13.9 Å². The SMILES string of the molecule is COc1cc(C(=O)/C=C/c2cc3c(cc2Br)OCO3)ccc1OC(F)F. The molecule has 1 heterocycles. The van der Waals surface area contributed by atoms with Crippen molar-refractivity contribution in [2.24, 2.45) is 0 Å². The van der Waals surface area contributed by atoms with E-state index in [9.17, 15) is 13.6 Å². The lowest BCUT2D eigenvalue weighted by atomic mass is 10.1. The van der Waals surface area contributed by atoms with Crippen LogP contribution in [0.15, 0.2) is 40.9 Å². The minimum absolute atomic E-state index is 0.0498. The van der Waals surface area contributed by atoms with Crippen molar-refractivity contribution >= 4 is 27.8 Å². The number of hydrogen-bond donors (Lipinski definition) is 0. The Hall–Kier alpha value is -2.61. The van der Waals surface area contributed by atoms with Gasteiger partial charge < -0.3 is 18.9 Å². The Kier molecular flexibility index (Phi) is 5.41. The van der Waals surface area contributed by atoms with E-state index in [2.05, 4.69) is 20.7 Å². The van der Waals surface area contributed by atoms with E-state index < -0.39 is 6.61 Å². The molecule has 3 rings (SSSR count). The Labute approximate surface area is 156 Å². The number of rotatable bonds is 6. The first kappa shape index (κ1) is 18.2. The predicted molar refractivity (Wildman–Crippen MR) is 93.3 cm³/mol. The van der Waals surface area contributed by atoms with Crippen molar-refractivity contribution in [1.29, 1.82) is 0 Å². The van der Waals surface area contributed by atoms with E-state index >= 15 is 0 Å². The largest absolute Gasteiger partial charge is 0.493 e. The number of ether oxygens (including phenoxy) is 4. The first-order valence-corrected chi connectivity index (χ1v) is 8.21. The second-order valence-electron chi connectivity index (χ2n) is 5.17. The molecule has 0 spiro atoms. The molecule has 0 aromatic heterocycles. The van der Waals surface area contributed by atoms with E-state index in [4.69, 9.17) is 14.2 Å². The maximum atomic E-state index is 12.4. The lowest BCUT2D eigenvalue weighted by Crippen LogP contribution is -2.04. The van der Waals surface area contributed by atoms with E-state index in [-0.39, 0.29) is 29.6 Å². The van der Waals surface area contributed by atoms with E-state index in [1.807, 2.05) is 0 Å². The van der Waals surface area contributed by atoms with E-state index in [0.29, 0.717) is 11.5 Å². The van der Waals surface area contributed by atoms with Crippen molar-refractivity contribution in [1.82, 2.24) is 0 Å². The Bertz CT molecular complexity index is 867. The summed E-state index contributed by atoms with van der Waals surface area (Å²) in [6, 6.07) is 7.51. The van der Waals surface area contributed by atoms with Crippen molar-refractivity contribution in [3.05, 3.63) is 52.0 Å². The number of hydrogen-bond acceptors (Lipinski definition) is 5. The smallest absolute Gasteiger partial charge is 0.387 e. The Morgan fingerprint density at radius 1 is 1.19 bits per heavy atom. The van der Waals surface area contributed by atoms with Gasteiger partial charge in [-0.2, -0.15) is 8.78 Å². The highest BCUT2D eigenvalue weighted by molar-refractivity contribution is 9.10. The third-order valence-electron chi connectivity index (χ3n) is 3.57. The van der Waals surface area contributed by atoms with Crippen LogP contribution < -0.4 is 18.9 Å². The Morgan fingerprint density at radius 3 is 2.62 bits per heavy atom. The number of allylic oxidation sites excluding steroid dienone is 1. The topological polar surface area (TPSA) is 54.0 Å². The number of benzene rings is 2. The van der Waals surface area contributed by atoms with Crippen LogP contribution in [0.4, 0.5) is 8.78 Å². The van der Waals surface area contributed by atoms with Gasteiger partial charge in [0.2, 0.25) is 6.79 Å². The number of fused-ring (bicyclic) bond motifs is 1. The highest BCUT2D eigenvalue weighted by Crippen LogP contribution is 2.37. The molecule has 8 heteroatoms. The van der Waals surface area contributed by atoms with E-state index in [1.165, 1.54) is 31.4 Å². The van der Waals surface area contributed by atoms with Crippen molar-refractivity contribution in [3.63, 3.8) is 0 Å². The second kappa shape index (κ2) is 7.74. The molecule has 0 bridgehead atoms. The lowest BCUT2D eigenvalue weighted by Gasteiger charge is -2.10. The fourth-order valence-electron chi connectivity index (χ4n) is 2.34. The van der Waals surface area contributed by atoms with Crippen molar-refractivity contribution in [2.45, 2.75) is 6.61 Å². The molecular weight excluding hydrogens is 414 g/mol. The second-order valence-corrected chi connectivity index (χ2v) is 6.02. The van der Waals surface area contributed by atoms with Gasteiger partial charge in [0.25, 0.3) is 0 Å². The van der Waals surface area contributed by atoms with Gasteiger partial charge >= 0.3 is 6.61 Å². The summed E-state index contributed by atoms with van der Waals surface area (Å²) < 4.78 is 45.4. The molecule has 0 radical (unpaired) electrons. The fourth-order valence-corrected chi connectivity index (χ4v) is 2.79. The maximum Gasteiger partial charge on any atom is 0.387 e. The average Bonchev–Trinajstić information content (AvgIpc) is 3.06. The van der Waals surface area contributed by atoms with Crippen LogP contribution in [0.5, 0.6) is 23.0 Å². The zero-order valence-electron chi connectivity index (χ0n) is 13.5. The van der Waals surface area contributed by atoms with Gasteiger partial charge in [0.1, 0.15) is 0 Å². The van der Waals surface area contributed by atoms with Crippen LogP contribution in [0.25, 0.3) is 6.08 Å². The van der Waals surface area contributed by atoms with Gasteiger partial charge in [-0.25, -0.2) is 0 Å². The minimum atomic E-state index is -2.98. The van der Waals surface area contributed by atoms with Crippen molar-refractivity contribution in [3.8, 4) is 23.0 Å². The zero-order valence-corrected chi connectivity index (χ0v) is 15.1. The molecular formula is C18H13BrF2O5. The van der Waals surface area contributed by atoms with Crippen LogP contribution in [0.3, 0.4) is 0 Å². The third kappa shape index (κ3) is 3.96. The normalized spacial score (nSPS) is 12.7. The maximum absolute atomic E-state index is 12.4. The third-order valence-corrected chi connectivity index (χ3v) is 4.26. The molecule has 0 aliphatic carbocycles. The molecule has 26 heavy (non-hydrogen) atoms. The van der Waals surface area contributed by atoms with Crippen LogP contribution in [0, 0.1) is 0 Å². The highest BCUT2D eigenvalue weighted by atomic mass is 79.9. The molecule has 136 valence electrons. The molecule has 0 unspecified atom stereocenters. The van der Waals surface area contributed by atoms with Gasteiger partial charge in [-0.05, 0) is 48.0 Å². The van der Waals surface area contributed by atoms with Crippen LogP contribution in [-0.4, -0.2) is 26.3 Å². The summed E-state index contributed by atoms with van der Waals surface area (Å²) in [5, 5.41) is 0. The molecule has 2 aromatic carbocycles. The monoisotopic (exact) mass is 426 g/mol. The number of carbonyl (C=O) groups is 1. The number of ketones is 1. The highest BCUT2D eigenvalue weighted by Gasteiger charge is 2.16. The van der Waals surface area contributed by atoms with Gasteiger partial charge in [0.15, 0.2) is 28.8 Å². The molecule has 0 N–H and O–H groups in total. The molecule has 0 atom stereocenters. The summed E-state index contributed by atoms with van der Waals surface area (Å²) in [4.78, 5) is 12.4. The van der Waals surface area contributed by atoms with Gasteiger partial charge in [0.05, 0.1) is 7.11 Å². The Morgan fingerprint density at radius 2 is 1.92 bits per heavy atom. The van der Waals surface area contributed by atoms with Gasteiger partial charge in [-0.15, -0.1) is 0 Å². The molecule has 0 amide bonds. The predicted octanol–water partition coefficient (Wildman–Crippen LogP) is 4.68. The number of alkyl halides is 2. The summed E-state index contributed by atoms with van der Waals surface area (Å²) in [6.07, 6.45) is 2.98. The van der Waals surface area contributed by atoms with Crippen LogP contribution >= 0.6 is 15.9 Å². The molecule has 1 aliphatic heterocycles. The number of methoxy groups -OCH3 is 1. The fraction of sp³-hybridized carbons (Fsp3) is 0.167. The first-order valence-electron chi connectivity index (χ1n) is 7.42. The summed E-state index contributed by atoms with van der Waals surface area (Å²) in [5.41, 5.74) is 1.00. The lowest BCUT2D eigenvalue weighted by molar-refractivity contribution is -0.0512. The quantitative estimate of drug-likeness (QED) is 0.495. The molecule has 0 fully saturated rings. The van der Waals surface area contributed by atoms with Gasteiger partial charge in [0, 0.05) is 10.0 Å². The minimum Gasteiger partial charge on any atom is -0.493 e. The molecule has 1 aliphatic rings. The van der Waals surface area contributed by atoms with Gasteiger partial charge in [-0.1, -0.05) is 15.9 Å². The Balaban J connectivity index is 1.81. The zero-order chi connectivity index (χ0) is 18.7. The summed E-state index contributed by atoms with van der Waals surface area (Å²) in [5.74, 6) is 0.807. The van der Waals surface area contributed by atoms with Crippen LogP contribution in [0.1, 0.15) is 15.9 Å². The standard InChI is InChI=1S/C18H13BrF2O5/c1-23-15-7-11(3-5-14(15)26-18(20)21)13(22)4-2-10-6-16-17(8-12(10)19)25-9-24-16/h2-8,18H,9H2,1H3/b4-2+. The average molecular weight is 427 g/mol. The molecule has 2 aromatic rings. The first-order chi connectivity index (χ1) is 12.5. The summed E-state index contributed by atoms with van der Waals surface area (Å²) in [6.45, 7) is -2.82. The van der Waals surface area contributed by atoms with Crippen LogP contribution in [-0.2, 0) is 0 Å². The molecule has 0 saturated heterocycles. The van der Waals surface area contributed by atoms with E-state index in [0.717, 1.165) is 10.0 Å². The molecule has 5 nitrogen and oxygen atoms in total. The van der Waals surface area contributed by atoms with Crippen molar-refractivity contribution < 1.29 is 32.5 Å².